The molecule has 7 nitrogen and oxygen atoms in total. The average Bonchev–Trinajstić information content (AvgIpc) is 3.83. The Hall–Kier alpha value is -2.13. The van der Waals surface area contributed by atoms with Gasteiger partial charge in [-0.15, -0.1) is 0 Å². The maximum absolute atomic E-state index is 12.6. The fourth-order valence-electron chi connectivity index (χ4n) is 7.59. The van der Waals surface area contributed by atoms with Gasteiger partial charge in [-0.2, -0.15) is 0 Å². The van der Waals surface area contributed by atoms with Gasteiger partial charge in [0.25, 0.3) is 0 Å². The van der Waals surface area contributed by atoms with Crippen LogP contribution in [0, 0.1) is 33.8 Å². The Morgan fingerprint density at radius 2 is 1.39 bits per heavy atom. The number of nitro benzene ring substituents is 1. The molecule has 0 radical (unpaired) electrons. The summed E-state index contributed by atoms with van der Waals surface area (Å²) in [7, 11) is 0. The van der Waals surface area contributed by atoms with E-state index in [1.165, 1.54) is 49.0 Å². The van der Waals surface area contributed by atoms with Crippen LogP contribution in [0.15, 0.2) is 17.0 Å². The molecule has 0 saturated carbocycles. The fraction of sp³-hybridized carbons (Fsp3) is 0.682. The third-order valence-electron chi connectivity index (χ3n) is 10.8. The molecule has 0 saturated heterocycles. The maximum atomic E-state index is 12.6. The number of benzene rings is 2. The van der Waals surface area contributed by atoms with Crippen LogP contribution in [0.25, 0.3) is 21.1 Å². The molecule has 3 atom stereocenters. The van der Waals surface area contributed by atoms with Gasteiger partial charge in [-0.05, 0) is 11.8 Å². The Bertz CT molecular complexity index is 1830. The van der Waals surface area contributed by atoms with E-state index in [1.54, 1.807) is 11.8 Å². The molecule has 2 aromatic carbocycles. The Morgan fingerprint density at radius 3 is 1.93 bits per heavy atom. The molecule has 0 bridgehead atoms. The second-order valence-corrected chi connectivity index (χ2v) is 22.2. The van der Waals surface area contributed by atoms with Crippen molar-refractivity contribution in [1.29, 1.82) is 0 Å². The summed E-state index contributed by atoms with van der Waals surface area (Å²) >= 11 is 3.28. The number of hydrogen-bond donors (Lipinski definition) is 0. The zero-order valence-corrected chi connectivity index (χ0v) is 38.4. The normalized spacial score (nSPS) is 16.1. The summed E-state index contributed by atoms with van der Waals surface area (Å²) in [6, 6.07) is 4.15. The van der Waals surface area contributed by atoms with Crippen molar-refractivity contribution in [2.24, 2.45) is 23.7 Å². The second-order valence-electron chi connectivity index (χ2n) is 18.8. The Labute approximate surface area is 339 Å². The number of ether oxygens (including phenoxy) is 2. The first-order valence-electron chi connectivity index (χ1n) is 20.4. The number of thioether (sulfide) groups is 1. The number of thiophene rings is 1. The molecular formula is C44H65N3O4S2Se. The van der Waals surface area contributed by atoms with E-state index in [4.69, 9.17) is 17.4 Å². The van der Waals surface area contributed by atoms with Gasteiger partial charge in [0.2, 0.25) is 0 Å². The molecule has 3 unspecified atom stereocenters. The molecule has 0 N–H and O–H groups in total. The quantitative estimate of drug-likeness (QED) is 0.0560. The van der Waals surface area contributed by atoms with Gasteiger partial charge in [-0.1, -0.05) is 53.4 Å². The van der Waals surface area contributed by atoms with E-state index in [2.05, 4.69) is 68.4 Å². The number of nitro groups is 1. The van der Waals surface area contributed by atoms with Crippen LogP contribution in [0.5, 0.6) is 11.5 Å². The SMILES string of the molecule is CC(C)CCCC(C)CCOc1c2c(c(OCCC(C)CCCC(C)C)c3sc(C(C)(C)C)cc13)CC(c1cc([N+](=O)[O-])c(C(C)(C)C)c3n[se]nc13)S2. The Morgan fingerprint density at radius 1 is 0.815 bits per heavy atom. The standard InChI is InChI=1S/C44H65N3O4S2Se/c1-26(2)15-13-17-28(5)19-21-50-39-31-24-34(30-23-33(47(48)49)36(44(10,11)12)38-37(30)45-54-46-38)52-41(31)40(32-25-35(43(7,8)9)53-42(32)39)51-22-20-29(6)18-14-16-27(3)4/h23,25-29,34H,13-22,24H2,1-12H3. The molecule has 54 heavy (non-hydrogen) atoms. The topological polar surface area (TPSA) is 87.4 Å². The van der Waals surface area contributed by atoms with E-state index in [0.717, 1.165) is 62.2 Å². The first kappa shape index (κ1) is 43.0. The molecule has 10 heteroatoms. The Balaban J connectivity index is 1.56. The van der Waals surface area contributed by atoms with Crippen LogP contribution in [-0.4, -0.2) is 41.1 Å². The number of aromatic nitrogens is 2. The van der Waals surface area contributed by atoms with Crippen LogP contribution >= 0.6 is 23.1 Å². The molecule has 2 aromatic heterocycles. The molecule has 0 spiro atoms. The molecule has 1 aliphatic heterocycles. The third-order valence-corrected chi connectivity index (χ3v) is 14.9. The van der Waals surface area contributed by atoms with Crippen LogP contribution in [0.3, 0.4) is 0 Å². The number of rotatable bonds is 18. The summed E-state index contributed by atoms with van der Waals surface area (Å²) in [6.45, 7) is 28.1. The van der Waals surface area contributed by atoms with Crippen LogP contribution < -0.4 is 9.47 Å². The molecule has 3 heterocycles. The average molecular weight is 843 g/mol. The number of hydrogen-bond acceptors (Lipinski definition) is 8. The van der Waals surface area contributed by atoms with Gasteiger partial charge in [-0.3, -0.25) is 0 Å². The molecular weight excluding hydrogens is 778 g/mol. The van der Waals surface area contributed by atoms with E-state index in [-0.39, 0.29) is 36.2 Å². The van der Waals surface area contributed by atoms with Gasteiger partial charge in [0.05, 0.1) is 0 Å². The van der Waals surface area contributed by atoms with Crippen molar-refractivity contribution in [2.75, 3.05) is 13.2 Å². The van der Waals surface area contributed by atoms with Crippen molar-refractivity contribution in [3.8, 4) is 11.5 Å². The second kappa shape index (κ2) is 18.0. The predicted molar refractivity (Wildman–Crippen MR) is 231 cm³/mol. The third kappa shape index (κ3) is 10.2. The Kier molecular flexibility index (Phi) is 14.3. The molecule has 298 valence electrons. The molecule has 0 aliphatic carbocycles. The minimum atomic E-state index is -0.439. The van der Waals surface area contributed by atoms with Crippen molar-refractivity contribution in [3.05, 3.63) is 43.8 Å². The monoisotopic (exact) mass is 843 g/mol. The zero-order chi connectivity index (χ0) is 39.5. The zero-order valence-electron chi connectivity index (χ0n) is 35.0. The summed E-state index contributed by atoms with van der Waals surface area (Å²) in [5.41, 5.74) is 3.99. The van der Waals surface area contributed by atoms with Crippen LogP contribution in [0.1, 0.15) is 161 Å². The van der Waals surface area contributed by atoms with E-state index < -0.39 is 5.41 Å². The molecule has 1 aliphatic rings. The van der Waals surface area contributed by atoms with Crippen molar-refractivity contribution < 1.29 is 14.4 Å². The van der Waals surface area contributed by atoms with Gasteiger partial charge in [0.15, 0.2) is 0 Å². The van der Waals surface area contributed by atoms with E-state index >= 15 is 0 Å². The summed E-state index contributed by atoms with van der Waals surface area (Å²) < 4.78 is 24.8. The van der Waals surface area contributed by atoms with Crippen LogP contribution in [0.4, 0.5) is 5.69 Å². The number of nitrogens with zero attached hydrogens (tertiary/aromatic N) is 3. The van der Waals surface area contributed by atoms with Gasteiger partial charge in [0, 0.05) is 0 Å². The van der Waals surface area contributed by atoms with Crippen molar-refractivity contribution in [1.82, 2.24) is 7.96 Å². The summed E-state index contributed by atoms with van der Waals surface area (Å²) in [5.74, 6) is 4.56. The van der Waals surface area contributed by atoms with Crippen LogP contribution in [0.2, 0.25) is 0 Å². The molecule has 4 aromatic rings. The summed E-state index contributed by atoms with van der Waals surface area (Å²) in [5, 5.41) is 13.7. The first-order chi connectivity index (χ1) is 25.4. The fourth-order valence-corrected chi connectivity index (χ4v) is 11.5. The summed E-state index contributed by atoms with van der Waals surface area (Å²) in [6.07, 6.45) is 10.2. The minimum absolute atomic E-state index is 0.0186. The van der Waals surface area contributed by atoms with E-state index in [1.807, 2.05) is 38.2 Å². The van der Waals surface area contributed by atoms with E-state index in [0.29, 0.717) is 42.6 Å². The van der Waals surface area contributed by atoms with Crippen molar-refractivity contribution in [3.63, 3.8) is 0 Å². The summed E-state index contributed by atoms with van der Waals surface area (Å²) in [4.78, 5) is 14.8. The van der Waals surface area contributed by atoms with Gasteiger partial charge >= 0.3 is 276 Å². The first-order valence-corrected chi connectivity index (χ1v) is 23.6. The van der Waals surface area contributed by atoms with Gasteiger partial charge < -0.3 is 0 Å². The van der Waals surface area contributed by atoms with Crippen molar-refractivity contribution in [2.45, 2.75) is 162 Å². The van der Waals surface area contributed by atoms with Gasteiger partial charge in [-0.25, -0.2) is 0 Å². The predicted octanol–water partition coefficient (Wildman–Crippen LogP) is 13.3. The van der Waals surface area contributed by atoms with Crippen molar-refractivity contribution >= 4 is 64.9 Å². The van der Waals surface area contributed by atoms with Crippen LogP contribution in [-0.2, 0) is 17.3 Å². The van der Waals surface area contributed by atoms with E-state index in [9.17, 15) is 10.1 Å². The van der Waals surface area contributed by atoms with Gasteiger partial charge in [0.1, 0.15) is 0 Å². The molecule has 0 fully saturated rings. The number of fused-ring (bicyclic) bond motifs is 3. The molecule has 5 rings (SSSR count). The molecule has 0 amide bonds.